The minimum Gasteiger partial charge on any atom is -0.361 e. The number of benzene rings is 1. The number of amides is 1. The summed E-state index contributed by atoms with van der Waals surface area (Å²) < 4.78 is 0. The quantitative estimate of drug-likeness (QED) is 0.753. The summed E-state index contributed by atoms with van der Waals surface area (Å²) in [4.78, 5) is 19.1. The second-order valence-corrected chi connectivity index (χ2v) is 3.91. The molecule has 0 aliphatic carbocycles. The second-order valence-electron chi connectivity index (χ2n) is 3.91. The highest BCUT2D eigenvalue weighted by Gasteiger charge is 2.08. The van der Waals surface area contributed by atoms with Crippen LogP contribution >= 0.6 is 12.4 Å². The first-order valence-corrected chi connectivity index (χ1v) is 5.63. The molecule has 0 atom stereocenters. The Bertz CT molecular complexity index is 694. The van der Waals surface area contributed by atoms with Crippen molar-refractivity contribution in [2.75, 3.05) is 5.32 Å². The zero-order valence-corrected chi connectivity index (χ0v) is 10.8. The standard InChI is InChI=1S/C14H11N3O.ClH/c18-14(13-4-1-2-8-15-13)17-12-6-3-5-11-10(12)7-9-16-11;/h1-9,16H,(H,17,18);1H. The molecule has 4 nitrogen and oxygen atoms in total. The van der Waals surface area contributed by atoms with Crippen molar-refractivity contribution in [2.24, 2.45) is 0 Å². The van der Waals surface area contributed by atoms with Gasteiger partial charge in [0.1, 0.15) is 5.69 Å². The molecule has 5 heteroatoms. The number of carbonyl (C=O) groups excluding carboxylic acids is 1. The van der Waals surface area contributed by atoms with Gasteiger partial charge in [0.15, 0.2) is 0 Å². The van der Waals surface area contributed by atoms with Crippen LogP contribution in [-0.2, 0) is 0 Å². The molecule has 0 aliphatic rings. The van der Waals surface area contributed by atoms with Gasteiger partial charge in [0, 0.05) is 23.3 Å². The molecule has 2 N–H and O–H groups in total. The van der Waals surface area contributed by atoms with Crippen LogP contribution in [0, 0.1) is 0 Å². The number of hydrogen-bond acceptors (Lipinski definition) is 2. The SMILES string of the molecule is Cl.O=C(Nc1cccc2[nH]ccc12)c1ccccn1. The first-order valence-electron chi connectivity index (χ1n) is 5.63. The lowest BCUT2D eigenvalue weighted by Crippen LogP contribution is -2.13. The highest BCUT2D eigenvalue weighted by Crippen LogP contribution is 2.22. The Hall–Kier alpha value is -2.33. The zero-order chi connectivity index (χ0) is 12.4. The number of nitrogens with zero attached hydrogens (tertiary/aromatic N) is 1. The highest BCUT2D eigenvalue weighted by atomic mass is 35.5. The van der Waals surface area contributed by atoms with Crippen LogP contribution in [0.2, 0.25) is 0 Å². The fourth-order valence-corrected chi connectivity index (χ4v) is 1.88. The van der Waals surface area contributed by atoms with E-state index in [1.807, 2.05) is 30.5 Å². The van der Waals surface area contributed by atoms with Gasteiger partial charge in [-0.15, -0.1) is 12.4 Å². The number of halogens is 1. The summed E-state index contributed by atoms with van der Waals surface area (Å²) in [5, 5.41) is 3.85. The topological polar surface area (TPSA) is 57.8 Å². The van der Waals surface area contributed by atoms with Crippen molar-refractivity contribution < 1.29 is 4.79 Å². The molecule has 1 amide bonds. The largest absolute Gasteiger partial charge is 0.361 e. The van der Waals surface area contributed by atoms with Crippen LogP contribution in [0.15, 0.2) is 54.9 Å². The van der Waals surface area contributed by atoms with E-state index in [2.05, 4.69) is 15.3 Å². The molecule has 0 radical (unpaired) electrons. The number of H-pyrrole nitrogens is 1. The normalized spacial score (nSPS) is 9.89. The molecule has 0 saturated heterocycles. The number of hydrogen-bond donors (Lipinski definition) is 2. The van der Waals surface area contributed by atoms with E-state index < -0.39 is 0 Å². The molecule has 0 aliphatic heterocycles. The van der Waals surface area contributed by atoms with Crippen LogP contribution in [0.3, 0.4) is 0 Å². The first-order chi connectivity index (χ1) is 8.84. The Morgan fingerprint density at radius 2 is 2.00 bits per heavy atom. The maximum absolute atomic E-state index is 12.0. The summed E-state index contributed by atoms with van der Waals surface area (Å²) in [6, 6.07) is 12.9. The average molecular weight is 274 g/mol. The van der Waals surface area contributed by atoms with Gasteiger partial charge in [0.2, 0.25) is 0 Å². The van der Waals surface area contributed by atoms with Crippen LogP contribution < -0.4 is 5.32 Å². The van der Waals surface area contributed by atoms with E-state index in [4.69, 9.17) is 0 Å². The van der Waals surface area contributed by atoms with Crippen LogP contribution in [0.4, 0.5) is 5.69 Å². The highest BCUT2D eigenvalue weighted by molar-refractivity contribution is 6.07. The number of anilines is 1. The van der Waals surface area contributed by atoms with Crippen molar-refractivity contribution >= 4 is 34.9 Å². The van der Waals surface area contributed by atoms with Gasteiger partial charge in [-0.05, 0) is 30.3 Å². The lowest BCUT2D eigenvalue weighted by Gasteiger charge is -2.05. The summed E-state index contributed by atoms with van der Waals surface area (Å²) >= 11 is 0. The van der Waals surface area contributed by atoms with Crippen LogP contribution in [-0.4, -0.2) is 15.9 Å². The van der Waals surface area contributed by atoms with E-state index in [1.54, 1.807) is 24.4 Å². The average Bonchev–Trinajstić information content (AvgIpc) is 2.89. The number of fused-ring (bicyclic) bond motifs is 1. The fraction of sp³-hybridized carbons (Fsp3) is 0. The third-order valence-electron chi connectivity index (χ3n) is 2.74. The summed E-state index contributed by atoms with van der Waals surface area (Å²) in [6.07, 6.45) is 3.45. The smallest absolute Gasteiger partial charge is 0.274 e. The Balaban J connectivity index is 0.00000133. The molecule has 3 rings (SSSR count). The van der Waals surface area contributed by atoms with Crippen molar-refractivity contribution in [3.05, 3.63) is 60.6 Å². The van der Waals surface area contributed by atoms with E-state index in [0.29, 0.717) is 5.69 Å². The molecule has 1 aromatic carbocycles. The number of carbonyl (C=O) groups is 1. The Kier molecular flexibility index (Phi) is 3.82. The Morgan fingerprint density at radius 1 is 1.11 bits per heavy atom. The minimum absolute atomic E-state index is 0. The molecule has 19 heavy (non-hydrogen) atoms. The van der Waals surface area contributed by atoms with Gasteiger partial charge in [0.25, 0.3) is 5.91 Å². The molecule has 0 bridgehead atoms. The minimum atomic E-state index is -0.204. The lowest BCUT2D eigenvalue weighted by atomic mass is 10.2. The van der Waals surface area contributed by atoms with Gasteiger partial charge in [-0.3, -0.25) is 9.78 Å². The molecule has 2 aromatic heterocycles. The van der Waals surface area contributed by atoms with Gasteiger partial charge in [-0.2, -0.15) is 0 Å². The number of nitrogens with one attached hydrogen (secondary N) is 2. The monoisotopic (exact) mass is 273 g/mol. The Morgan fingerprint density at radius 3 is 2.79 bits per heavy atom. The van der Waals surface area contributed by atoms with Crippen molar-refractivity contribution in [1.29, 1.82) is 0 Å². The second kappa shape index (κ2) is 5.54. The zero-order valence-electron chi connectivity index (χ0n) is 9.96. The molecule has 2 heterocycles. The van der Waals surface area contributed by atoms with Crippen molar-refractivity contribution in [3.63, 3.8) is 0 Å². The molecule has 0 saturated carbocycles. The predicted octanol–water partition coefficient (Wildman–Crippen LogP) is 3.24. The van der Waals surface area contributed by atoms with Gasteiger partial charge < -0.3 is 10.3 Å². The summed E-state index contributed by atoms with van der Waals surface area (Å²) in [7, 11) is 0. The molecule has 3 aromatic rings. The van der Waals surface area contributed by atoms with Gasteiger partial charge in [-0.25, -0.2) is 0 Å². The number of aromatic amines is 1. The van der Waals surface area contributed by atoms with Gasteiger partial charge in [0.05, 0.1) is 5.69 Å². The molecule has 96 valence electrons. The first kappa shape index (κ1) is 13.1. The van der Waals surface area contributed by atoms with E-state index in [0.717, 1.165) is 16.6 Å². The molecule has 0 spiro atoms. The third kappa shape index (κ3) is 2.58. The van der Waals surface area contributed by atoms with E-state index in [9.17, 15) is 4.79 Å². The van der Waals surface area contributed by atoms with E-state index in [1.165, 1.54) is 0 Å². The van der Waals surface area contributed by atoms with Crippen molar-refractivity contribution in [3.8, 4) is 0 Å². The van der Waals surface area contributed by atoms with Crippen LogP contribution in [0.1, 0.15) is 10.5 Å². The van der Waals surface area contributed by atoms with Gasteiger partial charge in [-0.1, -0.05) is 12.1 Å². The summed E-state index contributed by atoms with van der Waals surface area (Å²) in [5.74, 6) is -0.204. The Labute approximate surface area is 116 Å². The summed E-state index contributed by atoms with van der Waals surface area (Å²) in [5.41, 5.74) is 2.18. The number of aromatic nitrogens is 2. The molecular weight excluding hydrogens is 262 g/mol. The molecule has 0 fully saturated rings. The molecular formula is C14H12ClN3O. The van der Waals surface area contributed by atoms with Crippen molar-refractivity contribution in [2.45, 2.75) is 0 Å². The predicted molar refractivity (Wildman–Crippen MR) is 77.7 cm³/mol. The summed E-state index contributed by atoms with van der Waals surface area (Å²) in [6.45, 7) is 0. The third-order valence-corrected chi connectivity index (χ3v) is 2.74. The number of pyridine rings is 1. The maximum atomic E-state index is 12.0. The fourth-order valence-electron chi connectivity index (χ4n) is 1.88. The van der Waals surface area contributed by atoms with Gasteiger partial charge >= 0.3 is 0 Å². The van der Waals surface area contributed by atoms with Crippen LogP contribution in [0.5, 0.6) is 0 Å². The lowest BCUT2D eigenvalue weighted by molar-refractivity contribution is 0.102. The van der Waals surface area contributed by atoms with Crippen molar-refractivity contribution in [1.82, 2.24) is 9.97 Å². The molecule has 0 unspecified atom stereocenters. The number of rotatable bonds is 2. The van der Waals surface area contributed by atoms with E-state index >= 15 is 0 Å². The van der Waals surface area contributed by atoms with E-state index in [-0.39, 0.29) is 18.3 Å². The maximum Gasteiger partial charge on any atom is 0.274 e. The van der Waals surface area contributed by atoms with Crippen LogP contribution in [0.25, 0.3) is 10.9 Å².